The van der Waals surface area contributed by atoms with Crippen LogP contribution in [0.3, 0.4) is 0 Å². The Morgan fingerprint density at radius 1 is 0.306 bits per heavy atom. The predicted octanol–water partition coefficient (Wildman–Crippen LogP) is 11.7. The van der Waals surface area contributed by atoms with Gasteiger partial charge in [0.2, 0.25) is 23.0 Å². The van der Waals surface area contributed by atoms with Crippen LogP contribution in [0.4, 0.5) is 0 Å². The van der Waals surface area contributed by atoms with E-state index in [-0.39, 0.29) is 0 Å². The van der Waals surface area contributed by atoms with Crippen LogP contribution in [-0.4, -0.2) is 100 Å². The van der Waals surface area contributed by atoms with Gasteiger partial charge in [-0.15, -0.1) is 0 Å². The van der Waals surface area contributed by atoms with Crippen LogP contribution in [0, 0.1) is 0 Å². The van der Waals surface area contributed by atoms with Crippen LogP contribution in [0.5, 0.6) is 69.0 Å². The zero-order valence-corrected chi connectivity index (χ0v) is 41.9. The molecule has 0 unspecified atom stereocenters. The molecule has 9 rings (SSSR count). The first kappa shape index (κ1) is 48.1. The van der Waals surface area contributed by atoms with Crippen molar-refractivity contribution in [1.29, 1.82) is 0 Å². The lowest BCUT2D eigenvalue weighted by Crippen LogP contribution is -1.97. The van der Waals surface area contributed by atoms with Gasteiger partial charge in [0.1, 0.15) is 11.2 Å². The molecule has 16 heteroatoms. The summed E-state index contributed by atoms with van der Waals surface area (Å²) in [7, 11) is 18.9. The van der Waals surface area contributed by atoms with Crippen molar-refractivity contribution in [2.24, 2.45) is 0 Å². The minimum absolute atomic E-state index is 0.424. The van der Waals surface area contributed by atoms with Gasteiger partial charge < -0.3 is 66.2 Å². The number of furan rings is 1. The van der Waals surface area contributed by atoms with E-state index in [0.717, 1.165) is 0 Å². The van der Waals surface area contributed by atoms with Gasteiger partial charge in [0.25, 0.3) is 0 Å². The maximum absolute atomic E-state index is 7.09. The van der Waals surface area contributed by atoms with E-state index in [0.29, 0.717) is 158 Å². The first-order valence-electron chi connectivity index (χ1n) is 22.4. The third-order valence-corrected chi connectivity index (χ3v) is 12.4. The molecule has 1 N–H and O–H groups in total. The highest BCUT2D eigenvalue weighted by atomic mass is 16.5. The number of benzene rings is 4. The molecule has 370 valence electrons. The predicted molar refractivity (Wildman–Crippen MR) is 277 cm³/mol. The Morgan fingerprint density at radius 3 is 0.778 bits per heavy atom. The molecular weight excluding hydrogens is 923 g/mol. The maximum atomic E-state index is 7.09. The number of hydrogen-bond donors (Lipinski definition) is 1. The highest BCUT2D eigenvalue weighted by molar-refractivity contribution is 6.00. The van der Waals surface area contributed by atoms with E-state index in [1.807, 2.05) is 97.1 Å². The second-order valence-electron chi connectivity index (χ2n) is 16.0. The Morgan fingerprint density at radius 2 is 0.542 bits per heavy atom. The summed E-state index contributed by atoms with van der Waals surface area (Å²) in [6.45, 7) is 0. The van der Waals surface area contributed by atoms with Crippen molar-refractivity contribution in [3.63, 3.8) is 0 Å². The SMILES string of the molecule is COc1cc(-c2c3nc(c(-c4cc(OC)c(OC)c(OC)c4)c4ccc(o4)c(-c4cc(OC)c(OC)c(OC)c4)c4nc(c(-c5cc(OC)c(OC)c(OC)c5)c5ccc2[nH]5)C=C4)C=C3)cc(OC)c1OC. The molecule has 0 radical (unpaired) electrons. The molecular formula is C56H53N3O13. The number of nitrogens with one attached hydrogen (secondary N) is 1. The summed E-state index contributed by atoms with van der Waals surface area (Å²) in [5.41, 5.74) is 10.1. The zero-order chi connectivity index (χ0) is 50.8. The molecule has 2 aliphatic heterocycles. The molecule has 0 fully saturated rings. The molecule has 3 aromatic heterocycles. The van der Waals surface area contributed by atoms with Gasteiger partial charge in [0, 0.05) is 22.2 Å². The lowest BCUT2D eigenvalue weighted by Gasteiger charge is -2.15. The molecule has 0 saturated carbocycles. The van der Waals surface area contributed by atoms with E-state index in [2.05, 4.69) is 4.98 Å². The summed E-state index contributed by atoms with van der Waals surface area (Å²) >= 11 is 0. The Labute approximate surface area is 415 Å². The Balaban J connectivity index is 1.52. The molecule has 0 atom stereocenters. The van der Waals surface area contributed by atoms with Gasteiger partial charge in [-0.05, 0) is 119 Å². The quantitative estimate of drug-likeness (QED) is 0.0971. The Kier molecular flexibility index (Phi) is 13.5. The second kappa shape index (κ2) is 20.2. The highest BCUT2D eigenvalue weighted by Crippen LogP contribution is 2.49. The van der Waals surface area contributed by atoms with E-state index in [4.69, 9.17) is 71.2 Å². The lowest BCUT2D eigenvalue weighted by molar-refractivity contribution is 0.324. The highest BCUT2D eigenvalue weighted by Gasteiger charge is 2.26. The molecule has 2 aliphatic rings. The molecule has 0 saturated heterocycles. The number of ether oxygens (including phenoxy) is 12. The van der Waals surface area contributed by atoms with Crippen molar-refractivity contribution in [3.05, 3.63) is 95.6 Å². The monoisotopic (exact) mass is 975 g/mol. The van der Waals surface area contributed by atoms with Gasteiger partial charge in [0.15, 0.2) is 46.0 Å². The minimum Gasteiger partial charge on any atom is -0.493 e. The molecule has 5 heterocycles. The number of H-pyrrole nitrogens is 1. The molecule has 7 aromatic rings. The van der Waals surface area contributed by atoms with Crippen molar-refractivity contribution in [2.75, 3.05) is 85.3 Å². The average Bonchev–Trinajstić information content (AvgIpc) is 4.28. The lowest BCUT2D eigenvalue weighted by atomic mass is 10.0. The van der Waals surface area contributed by atoms with Crippen LogP contribution in [0.15, 0.2) is 77.2 Å². The molecule has 0 amide bonds. The smallest absolute Gasteiger partial charge is 0.203 e. The maximum Gasteiger partial charge on any atom is 0.203 e. The molecule has 4 aromatic carbocycles. The van der Waals surface area contributed by atoms with Crippen LogP contribution in [0.25, 0.3) is 91.0 Å². The van der Waals surface area contributed by atoms with Crippen molar-refractivity contribution < 1.29 is 61.3 Å². The number of hydrogen-bond acceptors (Lipinski definition) is 15. The number of rotatable bonds is 16. The van der Waals surface area contributed by atoms with Gasteiger partial charge in [-0.3, -0.25) is 0 Å². The van der Waals surface area contributed by atoms with Crippen molar-refractivity contribution in [1.82, 2.24) is 15.0 Å². The zero-order valence-electron chi connectivity index (χ0n) is 41.9. The van der Waals surface area contributed by atoms with Gasteiger partial charge in [-0.25, -0.2) is 9.97 Å². The molecule has 16 nitrogen and oxygen atoms in total. The average molecular weight is 976 g/mol. The summed E-state index contributed by atoms with van der Waals surface area (Å²) in [6, 6.07) is 22.8. The summed E-state index contributed by atoms with van der Waals surface area (Å²) < 4.78 is 77.2. The standard InChI is InChI=1S/C56H53N3O13/c1-60-41-21-29(22-42(61-2)53(41)68-9)49-33-13-14-34(57-33)50(30-23-43(62-3)54(69-10)44(24-30)63-4)36-16-18-38(59-36)52(32-27-47(66-7)56(71-12)48(28-32)67-8)40-20-19-39(72-40)51(37-17-15-35(49)58-37)31-25-45(64-5)55(70-11)46(26-31)65-6/h13-28,57H,1-12H3. The molecule has 8 bridgehead atoms. The minimum atomic E-state index is 0.424. The topological polar surface area (TPSA) is 165 Å². The number of fused-ring (bicyclic) bond motifs is 8. The summed E-state index contributed by atoms with van der Waals surface area (Å²) in [5.74, 6) is 5.28. The van der Waals surface area contributed by atoms with Gasteiger partial charge in [0.05, 0.1) is 119 Å². The Bertz CT molecular complexity index is 2930. The van der Waals surface area contributed by atoms with Crippen LogP contribution < -0.4 is 56.8 Å². The van der Waals surface area contributed by atoms with E-state index < -0.39 is 0 Å². The fraction of sp³-hybridized carbons (Fsp3) is 0.214. The third kappa shape index (κ3) is 8.29. The molecule has 0 aliphatic carbocycles. The van der Waals surface area contributed by atoms with Crippen molar-refractivity contribution in [3.8, 4) is 114 Å². The van der Waals surface area contributed by atoms with E-state index >= 15 is 0 Å². The van der Waals surface area contributed by atoms with Gasteiger partial charge in [-0.1, -0.05) is 0 Å². The third-order valence-electron chi connectivity index (χ3n) is 12.4. The fourth-order valence-corrected chi connectivity index (χ4v) is 9.19. The van der Waals surface area contributed by atoms with E-state index in [1.54, 1.807) is 85.3 Å². The first-order chi connectivity index (χ1) is 35.1. The summed E-state index contributed by atoms with van der Waals surface area (Å²) in [5, 5.41) is 0. The van der Waals surface area contributed by atoms with Gasteiger partial charge >= 0.3 is 0 Å². The van der Waals surface area contributed by atoms with Crippen molar-refractivity contribution in [2.45, 2.75) is 0 Å². The Hall–Kier alpha value is -8.92. The second-order valence-corrected chi connectivity index (χ2v) is 16.0. The van der Waals surface area contributed by atoms with Crippen LogP contribution in [-0.2, 0) is 0 Å². The number of nitrogens with zero attached hydrogens (tertiary/aromatic N) is 2. The number of aromatic amines is 1. The fourth-order valence-electron chi connectivity index (χ4n) is 9.19. The van der Waals surface area contributed by atoms with E-state index in [9.17, 15) is 0 Å². The van der Waals surface area contributed by atoms with Crippen LogP contribution in [0.1, 0.15) is 22.8 Å². The van der Waals surface area contributed by atoms with Crippen molar-refractivity contribution >= 4 is 46.5 Å². The van der Waals surface area contributed by atoms with Gasteiger partial charge in [-0.2, -0.15) is 0 Å². The summed E-state index contributed by atoms with van der Waals surface area (Å²) in [4.78, 5) is 14.6. The van der Waals surface area contributed by atoms with Crippen LogP contribution in [0.2, 0.25) is 0 Å². The largest absolute Gasteiger partial charge is 0.493 e. The number of methoxy groups -OCH3 is 12. The molecule has 72 heavy (non-hydrogen) atoms. The number of aromatic nitrogens is 3. The first-order valence-corrected chi connectivity index (χ1v) is 22.4. The summed E-state index contributed by atoms with van der Waals surface area (Å²) in [6.07, 6.45) is 7.79. The van der Waals surface area contributed by atoms with E-state index in [1.165, 1.54) is 0 Å². The molecule has 0 spiro atoms. The van der Waals surface area contributed by atoms with Crippen LogP contribution >= 0.6 is 0 Å². The normalized spacial score (nSPS) is 11.5.